The summed E-state index contributed by atoms with van der Waals surface area (Å²) < 4.78 is 5.60. The monoisotopic (exact) mass is 482 g/mol. The van der Waals surface area contributed by atoms with Crippen LogP contribution in [0.5, 0.6) is 0 Å². The molecule has 0 heterocycles. The van der Waals surface area contributed by atoms with Crippen LogP contribution in [0.4, 0.5) is 0 Å². The molecule has 0 fully saturated rings. The molecule has 9 heteroatoms. The quantitative estimate of drug-likeness (QED) is 0.140. The smallest absolute Gasteiger partial charge is 0.341 e. The average Bonchev–Trinajstić information content (AvgIpc) is 2.68. The van der Waals surface area contributed by atoms with Crippen molar-refractivity contribution >= 4 is 69.9 Å². The predicted molar refractivity (Wildman–Crippen MR) is 113 cm³/mol. The van der Waals surface area contributed by atoms with Crippen molar-refractivity contribution < 1.29 is 19.4 Å². The van der Waals surface area contributed by atoms with Crippen molar-refractivity contribution in [1.29, 1.82) is 0 Å². The fourth-order valence-corrected chi connectivity index (χ4v) is 3.80. The molecule has 0 saturated carbocycles. The Morgan fingerprint density at radius 2 is 1.46 bits per heavy atom. The van der Waals surface area contributed by atoms with Gasteiger partial charge in [-0.2, -0.15) is 0 Å². The van der Waals surface area contributed by atoms with E-state index in [1.807, 2.05) is 18.2 Å². The Labute approximate surface area is 187 Å². The van der Waals surface area contributed by atoms with E-state index in [0.717, 1.165) is 12.0 Å². The lowest BCUT2D eigenvalue weighted by Crippen LogP contribution is -2.17. The summed E-state index contributed by atoms with van der Waals surface area (Å²) in [6, 6.07) is 9.06. The fraction of sp³-hybridized carbons (Fsp3) is 0.263. The molecular formula is C19H15Cl5O4. The number of esters is 1. The number of carbonyl (C=O) groups is 2. The maximum Gasteiger partial charge on any atom is 0.341 e. The van der Waals surface area contributed by atoms with Gasteiger partial charge in [0.25, 0.3) is 0 Å². The summed E-state index contributed by atoms with van der Waals surface area (Å²) in [5, 5.41) is 8.32. The van der Waals surface area contributed by atoms with Crippen molar-refractivity contribution in [3.05, 3.63) is 67.1 Å². The van der Waals surface area contributed by atoms with Crippen LogP contribution in [0.1, 0.15) is 51.6 Å². The fourth-order valence-electron chi connectivity index (χ4n) is 2.60. The van der Waals surface area contributed by atoms with E-state index in [9.17, 15) is 14.7 Å². The van der Waals surface area contributed by atoms with Crippen LogP contribution in [0, 0.1) is 0 Å². The van der Waals surface area contributed by atoms with Gasteiger partial charge in [0.1, 0.15) is 6.10 Å². The number of unbranched alkanes of at least 4 members (excludes halogenated alkanes) is 1. The summed E-state index contributed by atoms with van der Waals surface area (Å²) in [6.45, 7) is 0. The third kappa shape index (κ3) is 5.25. The number of carboxylic acid groups (broad SMARTS) is 1. The summed E-state index contributed by atoms with van der Waals surface area (Å²) in [5.41, 5.74) is -0.241. The van der Waals surface area contributed by atoms with Crippen molar-refractivity contribution in [2.24, 2.45) is 0 Å². The molecule has 4 nitrogen and oxygen atoms in total. The summed E-state index contributed by atoms with van der Waals surface area (Å²) in [4.78, 5) is 24.5. The minimum Gasteiger partial charge on any atom is -0.478 e. The zero-order valence-electron chi connectivity index (χ0n) is 14.4. The third-order valence-electron chi connectivity index (χ3n) is 3.96. The Morgan fingerprint density at radius 3 is 2.00 bits per heavy atom. The molecule has 0 bridgehead atoms. The molecule has 0 radical (unpaired) electrons. The number of aromatic carboxylic acids is 1. The number of carboxylic acids is 1. The van der Waals surface area contributed by atoms with Gasteiger partial charge in [-0.1, -0.05) is 76.7 Å². The molecule has 0 aliphatic heterocycles. The number of rotatable bonds is 8. The van der Waals surface area contributed by atoms with Crippen LogP contribution >= 0.6 is 58.0 Å². The molecule has 1 N–H and O–H groups in total. The van der Waals surface area contributed by atoms with Crippen LogP contribution in [0.2, 0.25) is 20.1 Å². The van der Waals surface area contributed by atoms with E-state index in [0.29, 0.717) is 18.7 Å². The maximum absolute atomic E-state index is 12.9. The van der Waals surface area contributed by atoms with E-state index in [-0.39, 0.29) is 20.1 Å². The maximum atomic E-state index is 12.9. The molecule has 2 aromatic carbocycles. The van der Waals surface area contributed by atoms with E-state index >= 15 is 0 Å². The van der Waals surface area contributed by atoms with Gasteiger partial charge in [-0.05, 0) is 24.8 Å². The van der Waals surface area contributed by atoms with Crippen LogP contribution in [0.3, 0.4) is 0 Å². The molecule has 28 heavy (non-hydrogen) atoms. The number of benzene rings is 2. The van der Waals surface area contributed by atoms with Gasteiger partial charge < -0.3 is 9.84 Å². The molecule has 2 aromatic rings. The van der Waals surface area contributed by atoms with Crippen molar-refractivity contribution in [3.63, 3.8) is 0 Å². The lowest BCUT2D eigenvalue weighted by molar-refractivity contribution is 0.0267. The molecule has 0 amide bonds. The highest BCUT2D eigenvalue weighted by Crippen LogP contribution is 2.42. The molecule has 0 spiro atoms. The van der Waals surface area contributed by atoms with Gasteiger partial charge in [-0.25, -0.2) is 9.59 Å². The summed E-state index contributed by atoms with van der Waals surface area (Å²) in [6.07, 6.45) is 1.32. The molecule has 2 rings (SSSR count). The van der Waals surface area contributed by atoms with E-state index in [2.05, 4.69) is 0 Å². The molecule has 0 aliphatic carbocycles. The van der Waals surface area contributed by atoms with Crippen LogP contribution in [-0.2, 0) is 4.74 Å². The average molecular weight is 485 g/mol. The topological polar surface area (TPSA) is 63.6 Å². The second-order valence-electron chi connectivity index (χ2n) is 5.80. The number of hydrogen-bond donors (Lipinski definition) is 1. The summed E-state index contributed by atoms with van der Waals surface area (Å²) in [7, 11) is 0. The lowest BCUT2D eigenvalue weighted by atomic mass is 10.0. The zero-order chi connectivity index (χ0) is 20.8. The van der Waals surface area contributed by atoms with Crippen LogP contribution < -0.4 is 0 Å². The highest BCUT2D eigenvalue weighted by molar-refractivity contribution is 6.54. The predicted octanol–water partition coefficient (Wildman–Crippen LogP) is 7.31. The van der Waals surface area contributed by atoms with Crippen LogP contribution in [-0.4, -0.2) is 22.9 Å². The first-order valence-corrected chi connectivity index (χ1v) is 10.2. The minimum absolute atomic E-state index is 0.219. The summed E-state index contributed by atoms with van der Waals surface area (Å²) >= 11 is 29.8. The molecule has 0 aliphatic rings. The van der Waals surface area contributed by atoms with Gasteiger partial charge in [-0.15, -0.1) is 11.6 Å². The molecule has 0 saturated heterocycles. The Hall–Kier alpha value is -1.17. The SMILES string of the molecule is O=C(O)c1c(Cl)c(Cl)c(Cl)c(Cl)c1C(=O)OC(CCCCCl)c1ccccc1. The molecule has 0 aromatic heterocycles. The van der Waals surface area contributed by atoms with Gasteiger partial charge in [0.2, 0.25) is 0 Å². The van der Waals surface area contributed by atoms with Gasteiger partial charge in [0.05, 0.1) is 31.2 Å². The van der Waals surface area contributed by atoms with E-state index < -0.39 is 29.2 Å². The minimum atomic E-state index is -1.48. The lowest BCUT2D eigenvalue weighted by Gasteiger charge is -2.20. The van der Waals surface area contributed by atoms with E-state index in [4.69, 9.17) is 62.7 Å². The first kappa shape index (κ1) is 23.1. The van der Waals surface area contributed by atoms with Crippen molar-refractivity contribution in [2.75, 3.05) is 5.88 Å². The number of alkyl halides is 1. The van der Waals surface area contributed by atoms with Crippen molar-refractivity contribution in [3.8, 4) is 0 Å². The zero-order valence-corrected chi connectivity index (χ0v) is 18.1. The Kier molecular flexibility index (Phi) is 8.72. The van der Waals surface area contributed by atoms with Gasteiger partial charge in [-0.3, -0.25) is 0 Å². The third-order valence-corrected chi connectivity index (χ3v) is 6.03. The number of hydrogen-bond acceptors (Lipinski definition) is 3. The van der Waals surface area contributed by atoms with Gasteiger partial charge in [0.15, 0.2) is 0 Å². The van der Waals surface area contributed by atoms with E-state index in [1.165, 1.54) is 0 Å². The first-order valence-electron chi connectivity index (χ1n) is 8.20. The molecule has 1 unspecified atom stereocenters. The Bertz CT molecular complexity index is 871. The molecule has 1 atom stereocenters. The first-order chi connectivity index (χ1) is 13.3. The molecule has 150 valence electrons. The standard InChI is InChI=1S/C19H15Cl5O4/c20-9-5-4-8-11(10-6-2-1-3-7-10)28-19(27)13-12(18(25)26)14(21)16(23)17(24)15(13)22/h1-3,6-7,11H,4-5,8-9H2,(H,25,26). The van der Waals surface area contributed by atoms with Crippen LogP contribution in [0.25, 0.3) is 0 Å². The highest BCUT2D eigenvalue weighted by Gasteiger charge is 2.31. The van der Waals surface area contributed by atoms with Crippen LogP contribution in [0.15, 0.2) is 30.3 Å². The number of halogens is 5. The Balaban J connectivity index is 2.44. The van der Waals surface area contributed by atoms with Crippen molar-refractivity contribution in [1.82, 2.24) is 0 Å². The molecular weight excluding hydrogens is 469 g/mol. The van der Waals surface area contributed by atoms with Gasteiger partial charge in [0, 0.05) is 5.88 Å². The number of carbonyl (C=O) groups excluding carboxylic acids is 1. The van der Waals surface area contributed by atoms with Gasteiger partial charge >= 0.3 is 11.9 Å². The second-order valence-corrected chi connectivity index (χ2v) is 7.69. The van der Waals surface area contributed by atoms with E-state index in [1.54, 1.807) is 12.1 Å². The second kappa shape index (κ2) is 10.6. The highest BCUT2D eigenvalue weighted by atomic mass is 35.5. The summed E-state index contributed by atoms with van der Waals surface area (Å²) in [5.74, 6) is -1.95. The normalized spacial score (nSPS) is 11.9. The Morgan fingerprint density at radius 1 is 0.893 bits per heavy atom. The van der Waals surface area contributed by atoms with Crippen molar-refractivity contribution in [2.45, 2.75) is 25.4 Å². The largest absolute Gasteiger partial charge is 0.478 e. The number of ether oxygens (including phenoxy) is 1.